The number of anilines is 1. The van der Waals surface area contributed by atoms with Gasteiger partial charge in [-0.3, -0.25) is 9.78 Å². The fourth-order valence-electron chi connectivity index (χ4n) is 1.99. The fourth-order valence-corrected chi connectivity index (χ4v) is 1.99. The Bertz CT molecular complexity index is 863. The summed E-state index contributed by atoms with van der Waals surface area (Å²) in [6.07, 6.45) is 0. The van der Waals surface area contributed by atoms with Crippen LogP contribution in [0.4, 0.5) is 5.69 Å². The fraction of sp³-hybridized carbons (Fsp3) is 0.0667. The molecule has 0 spiro atoms. The van der Waals surface area contributed by atoms with Gasteiger partial charge in [-0.2, -0.15) is 0 Å². The van der Waals surface area contributed by atoms with Crippen molar-refractivity contribution < 1.29 is 13.9 Å². The average Bonchev–Trinajstić information content (AvgIpc) is 2.86. The maximum atomic E-state index is 12.2. The van der Waals surface area contributed by atoms with E-state index in [0.29, 0.717) is 28.1 Å². The monoisotopic (exact) mass is 284 g/mol. The first-order valence-corrected chi connectivity index (χ1v) is 6.24. The van der Waals surface area contributed by atoms with Gasteiger partial charge in [-0.25, -0.2) is 4.79 Å². The molecule has 0 aliphatic heterocycles. The molecule has 0 bridgehead atoms. The molecule has 0 aliphatic carbocycles. The molecule has 3 aromatic rings. The van der Waals surface area contributed by atoms with Crippen molar-refractivity contribution in [3.05, 3.63) is 58.6 Å². The molecule has 106 valence electrons. The Morgan fingerprint density at radius 3 is 2.90 bits per heavy atom. The number of nitrogens with one attached hydrogen (secondary N) is 2. The zero-order valence-electron chi connectivity index (χ0n) is 11.2. The number of methoxy groups -OCH3 is 1. The number of rotatable bonds is 3. The van der Waals surface area contributed by atoms with Crippen molar-refractivity contribution in [3.8, 4) is 5.75 Å². The summed E-state index contributed by atoms with van der Waals surface area (Å²) in [6, 6.07) is 11.8. The van der Waals surface area contributed by atoms with Gasteiger partial charge in [-0.1, -0.05) is 6.07 Å². The predicted octanol–water partition coefficient (Wildman–Crippen LogP) is 2.38. The number of hydrogen-bond donors (Lipinski definition) is 2. The maximum Gasteiger partial charge on any atom is 0.417 e. The minimum atomic E-state index is -0.527. The van der Waals surface area contributed by atoms with Crippen LogP contribution in [-0.2, 0) is 0 Å². The highest BCUT2D eigenvalue weighted by Crippen LogP contribution is 2.18. The van der Waals surface area contributed by atoms with Crippen molar-refractivity contribution in [1.82, 2.24) is 4.98 Å². The molecule has 0 unspecified atom stereocenters. The second kappa shape index (κ2) is 5.16. The molecule has 2 aromatic carbocycles. The molecule has 6 nitrogen and oxygen atoms in total. The van der Waals surface area contributed by atoms with E-state index in [0.717, 1.165) is 0 Å². The molecule has 0 radical (unpaired) electrons. The third-order valence-corrected chi connectivity index (χ3v) is 3.01. The number of fused-ring (bicyclic) bond motifs is 1. The van der Waals surface area contributed by atoms with Gasteiger partial charge in [0.1, 0.15) is 5.75 Å². The molecule has 0 fully saturated rings. The Morgan fingerprint density at radius 1 is 1.24 bits per heavy atom. The molecule has 3 rings (SSSR count). The van der Waals surface area contributed by atoms with Crippen LogP contribution in [0.5, 0.6) is 5.75 Å². The number of aromatic amines is 1. The van der Waals surface area contributed by atoms with Crippen molar-refractivity contribution in [2.75, 3.05) is 12.4 Å². The Morgan fingerprint density at radius 2 is 2.10 bits per heavy atom. The standard InChI is InChI=1S/C15H12N2O4/c1-20-11-4-2-3-9(7-11)14(18)16-10-5-6-12-13(8-10)21-15(19)17-12/h2-8H,1H3,(H,16,18)(H,17,19). The van der Waals surface area contributed by atoms with E-state index in [1.54, 1.807) is 49.6 Å². The first-order valence-electron chi connectivity index (χ1n) is 6.24. The number of oxazole rings is 1. The smallest absolute Gasteiger partial charge is 0.417 e. The highest BCUT2D eigenvalue weighted by atomic mass is 16.5. The van der Waals surface area contributed by atoms with Gasteiger partial charge in [0.2, 0.25) is 0 Å². The second-order valence-electron chi connectivity index (χ2n) is 4.41. The molecule has 1 amide bonds. The molecule has 0 atom stereocenters. The molecular weight excluding hydrogens is 272 g/mol. The van der Waals surface area contributed by atoms with Crippen molar-refractivity contribution >= 4 is 22.7 Å². The number of carbonyl (C=O) groups is 1. The number of ether oxygens (including phenoxy) is 1. The van der Waals surface area contributed by atoms with Crippen molar-refractivity contribution in [2.45, 2.75) is 0 Å². The topological polar surface area (TPSA) is 84.3 Å². The van der Waals surface area contributed by atoms with Gasteiger partial charge in [-0.15, -0.1) is 0 Å². The third kappa shape index (κ3) is 2.64. The molecule has 0 aliphatic rings. The quantitative estimate of drug-likeness (QED) is 0.773. The number of benzene rings is 2. The summed E-state index contributed by atoms with van der Waals surface area (Å²) in [4.78, 5) is 25.8. The largest absolute Gasteiger partial charge is 0.497 e. The lowest BCUT2D eigenvalue weighted by Gasteiger charge is -2.06. The number of carbonyl (C=O) groups excluding carboxylic acids is 1. The Labute approximate surface area is 119 Å². The van der Waals surface area contributed by atoms with Crippen molar-refractivity contribution in [1.29, 1.82) is 0 Å². The van der Waals surface area contributed by atoms with E-state index in [4.69, 9.17) is 9.15 Å². The molecule has 21 heavy (non-hydrogen) atoms. The van der Waals surface area contributed by atoms with E-state index >= 15 is 0 Å². The lowest BCUT2D eigenvalue weighted by atomic mass is 10.2. The van der Waals surface area contributed by atoms with E-state index in [2.05, 4.69) is 10.3 Å². The van der Waals surface area contributed by atoms with Crippen LogP contribution in [0.25, 0.3) is 11.1 Å². The molecule has 2 N–H and O–H groups in total. The van der Waals surface area contributed by atoms with Crippen LogP contribution >= 0.6 is 0 Å². The minimum Gasteiger partial charge on any atom is -0.497 e. The van der Waals surface area contributed by atoms with E-state index in [-0.39, 0.29) is 5.91 Å². The van der Waals surface area contributed by atoms with Crippen molar-refractivity contribution in [2.24, 2.45) is 0 Å². The lowest BCUT2D eigenvalue weighted by molar-refractivity contribution is 0.102. The molecule has 0 saturated carbocycles. The lowest BCUT2D eigenvalue weighted by Crippen LogP contribution is -2.11. The van der Waals surface area contributed by atoms with E-state index in [1.165, 1.54) is 0 Å². The van der Waals surface area contributed by atoms with Gasteiger partial charge in [0.15, 0.2) is 5.58 Å². The highest BCUT2D eigenvalue weighted by Gasteiger charge is 2.08. The average molecular weight is 284 g/mol. The summed E-state index contributed by atoms with van der Waals surface area (Å²) in [5.41, 5.74) is 1.99. The second-order valence-corrected chi connectivity index (χ2v) is 4.41. The maximum absolute atomic E-state index is 12.2. The molecule has 1 heterocycles. The summed E-state index contributed by atoms with van der Waals surface area (Å²) in [7, 11) is 1.54. The van der Waals surface area contributed by atoms with E-state index in [1.807, 2.05) is 0 Å². The normalized spacial score (nSPS) is 10.5. The van der Waals surface area contributed by atoms with E-state index in [9.17, 15) is 9.59 Å². The molecule has 0 saturated heterocycles. The van der Waals surface area contributed by atoms with Gasteiger partial charge in [0, 0.05) is 17.3 Å². The molecule has 1 aromatic heterocycles. The third-order valence-electron chi connectivity index (χ3n) is 3.01. The summed E-state index contributed by atoms with van der Waals surface area (Å²) in [6.45, 7) is 0. The number of H-pyrrole nitrogens is 1. The van der Waals surface area contributed by atoms with Gasteiger partial charge in [-0.05, 0) is 30.3 Å². The first-order chi connectivity index (χ1) is 10.2. The molecular formula is C15H12N2O4. The highest BCUT2D eigenvalue weighted by molar-refractivity contribution is 6.05. The molecule has 6 heteroatoms. The van der Waals surface area contributed by atoms with Crippen LogP contribution in [0.1, 0.15) is 10.4 Å². The van der Waals surface area contributed by atoms with E-state index < -0.39 is 5.76 Å². The minimum absolute atomic E-state index is 0.272. The number of hydrogen-bond acceptors (Lipinski definition) is 4. The number of amides is 1. The first kappa shape index (κ1) is 13.0. The Kier molecular flexibility index (Phi) is 3.19. The zero-order chi connectivity index (χ0) is 14.8. The zero-order valence-corrected chi connectivity index (χ0v) is 11.2. The van der Waals surface area contributed by atoms with Crippen molar-refractivity contribution in [3.63, 3.8) is 0 Å². The predicted molar refractivity (Wildman–Crippen MR) is 77.8 cm³/mol. The van der Waals surface area contributed by atoms with Gasteiger partial charge in [0.05, 0.1) is 12.6 Å². The Hall–Kier alpha value is -3.02. The SMILES string of the molecule is COc1cccc(C(=O)Nc2ccc3[nH]c(=O)oc3c2)c1. The van der Waals surface area contributed by atoms with Gasteiger partial charge in [0.25, 0.3) is 5.91 Å². The van der Waals surface area contributed by atoms with Crippen LogP contribution in [0.3, 0.4) is 0 Å². The Balaban J connectivity index is 1.86. The van der Waals surface area contributed by atoms with Gasteiger partial charge < -0.3 is 14.5 Å². The summed E-state index contributed by atoms with van der Waals surface area (Å²) in [5, 5.41) is 2.74. The van der Waals surface area contributed by atoms with Crippen LogP contribution in [0.15, 0.2) is 51.7 Å². The van der Waals surface area contributed by atoms with Crippen LogP contribution in [0, 0.1) is 0 Å². The summed E-state index contributed by atoms with van der Waals surface area (Å²) in [5.74, 6) is -0.192. The van der Waals surface area contributed by atoms with Crippen LogP contribution < -0.4 is 15.8 Å². The summed E-state index contributed by atoms with van der Waals surface area (Å²) < 4.78 is 10.0. The van der Waals surface area contributed by atoms with Gasteiger partial charge >= 0.3 is 5.76 Å². The van der Waals surface area contributed by atoms with Crippen LogP contribution in [-0.4, -0.2) is 18.0 Å². The number of aromatic nitrogens is 1. The van der Waals surface area contributed by atoms with Crippen LogP contribution in [0.2, 0.25) is 0 Å². The summed E-state index contributed by atoms with van der Waals surface area (Å²) >= 11 is 0.